The predicted molar refractivity (Wildman–Crippen MR) is 99.4 cm³/mol. The van der Waals surface area contributed by atoms with Gasteiger partial charge in [-0.25, -0.2) is 4.79 Å². The van der Waals surface area contributed by atoms with Gasteiger partial charge in [0.05, 0.1) is 13.7 Å². The van der Waals surface area contributed by atoms with Crippen LogP contribution in [0.5, 0.6) is 5.75 Å². The van der Waals surface area contributed by atoms with Gasteiger partial charge in [-0.05, 0) is 30.5 Å². The molecule has 4 rings (SSSR count). The van der Waals surface area contributed by atoms with Crippen molar-refractivity contribution >= 4 is 11.9 Å². The fraction of sp³-hybridized carbons (Fsp3) is 0.450. The lowest BCUT2D eigenvalue weighted by atomic mass is 10.0. The Balaban J connectivity index is 1.58. The summed E-state index contributed by atoms with van der Waals surface area (Å²) in [5.41, 5.74) is 2.53. The molecule has 1 aromatic heterocycles. The third-order valence-corrected chi connectivity index (χ3v) is 5.34. The van der Waals surface area contributed by atoms with E-state index in [4.69, 9.17) is 9.47 Å². The second-order valence-electron chi connectivity index (χ2n) is 7.10. The van der Waals surface area contributed by atoms with Gasteiger partial charge in [0, 0.05) is 37.4 Å². The number of benzene rings is 1. The summed E-state index contributed by atoms with van der Waals surface area (Å²) in [6.07, 6.45) is 1.79. The molecule has 0 radical (unpaired) electrons. The van der Waals surface area contributed by atoms with Crippen molar-refractivity contribution < 1.29 is 24.2 Å². The number of hydrogen-bond acceptors (Lipinski definition) is 5. The minimum Gasteiger partial charge on any atom is -0.497 e. The molecule has 0 saturated carbocycles. The first-order valence-corrected chi connectivity index (χ1v) is 9.42. The fourth-order valence-corrected chi connectivity index (χ4v) is 3.86. The van der Waals surface area contributed by atoms with E-state index in [1.54, 1.807) is 16.7 Å². The van der Waals surface area contributed by atoms with E-state index in [9.17, 15) is 14.7 Å². The van der Waals surface area contributed by atoms with E-state index in [1.807, 2.05) is 24.3 Å². The Morgan fingerprint density at radius 1 is 1.32 bits per heavy atom. The number of nitrogens with zero attached hydrogens (tertiary/aromatic N) is 3. The summed E-state index contributed by atoms with van der Waals surface area (Å²) in [6.45, 7) is 1.88. The molecule has 2 aromatic rings. The number of rotatable bonds is 5. The van der Waals surface area contributed by atoms with Crippen molar-refractivity contribution in [1.82, 2.24) is 14.7 Å². The summed E-state index contributed by atoms with van der Waals surface area (Å²) < 4.78 is 12.4. The topological polar surface area (TPSA) is 93.9 Å². The van der Waals surface area contributed by atoms with Crippen LogP contribution in [-0.4, -0.2) is 58.0 Å². The van der Waals surface area contributed by atoms with Gasteiger partial charge in [0.2, 0.25) is 0 Å². The van der Waals surface area contributed by atoms with Crippen LogP contribution in [0.3, 0.4) is 0 Å². The second kappa shape index (κ2) is 7.63. The van der Waals surface area contributed by atoms with Crippen LogP contribution in [-0.2, 0) is 29.0 Å². The van der Waals surface area contributed by atoms with E-state index >= 15 is 0 Å². The zero-order chi connectivity index (χ0) is 19.7. The molecule has 1 amide bonds. The largest absolute Gasteiger partial charge is 0.497 e. The number of hydrogen-bond donors (Lipinski definition) is 1. The first-order valence-electron chi connectivity index (χ1n) is 9.42. The van der Waals surface area contributed by atoms with Gasteiger partial charge in [-0.1, -0.05) is 12.1 Å². The number of carboxylic acids is 1. The van der Waals surface area contributed by atoms with E-state index in [0.717, 1.165) is 29.8 Å². The summed E-state index contributed by atoms with van der Waals surface area (Å²) in [4.78, 5) is 26.1. The molecule has 2 aliphatic heterocycles. The normalized spacial score (nSPS) is 18.8. The lowest BCUT2D eigenvalue weighted by Gasteiger charge is -2.29. The quantitative estimate of drug-likeness (QED) is 0.842. The molecule has 8 nitrogen and oxygen atoms in total. The summed E-state index contributed by atoms with van der Waals surface area (Å²) in [5, 5.41) is 13.9. The number of amides is 1. The number of fused-ring (bicyclic) bond motifs is 1. The molecule has 8 heteroatoms. The van der Waals surface area contributed by atoms with E-state index in [-0.39, 0.29) is 18.1 Å². The maximum Gasteiger partial charge on any atom is 0.356 e. The van der Waals surface area contributed by atoms with Gasteiger partial charge in [0.1, 0.15) is 11.9 Å². The summed E-state index contributed by atoms with van der Waals surface area (Å²) in [7, 11) is 1.61. The first-order chi connectivity index (χ1) is 13.6. The molecule has 1 saturated heterocycles. The summed E-state index contributed by atoms with van der Waals surface area (Å²) >= 11 is 0. The third-order valence-electron chi connectivity index (χ3n) is 5.34. The van der Waals surface area contributed by atoms with Crippen molar-refractivity contribution in [2.24, 2.45) is 0 Å². The second-order valence-corrected chi connectivity index (χ2v) is 7.10. The van der Waals surface area contributed by atoms with Crippen molar-refractivity contribution in [3.8, 4) is 5.75 Å². The molecule has 0 bridgehead atoms. The average molecular weight is 385 g/mol. The van der Waals surface area contributed by atoms with Crippen molar-refractivity contribution in [3.63, 3.8) is 0 Å². The third kappa shape index (κ3) is 3.47. The van der Waals surface area contributed by atoms with Crippen molar-refractivity contribution in [2.75, 3.05) is 20.3 Å². The summed E-state index contributed by atoms with van der Waals surface area (Å²) in [5.74, 6) is -0.362. The molecule has 0 aliphatic carbocycles. The molecule has 1 N–H and O–H groups in total. The van der Waals surface area contributed by atoms with Crippen LogP contribution in [0.4, 0.5) is 0 Å². The Bertz CT molecular complexity index is 884. The number of carboxylic acid groups (broad SMARTS) is 1. The number of aromatic carboxylic acids is 1. The van der Waals surface area contributed by atoms with Crippen molar-refractivity contribution in [3.05, 3.63) is 46.8 Å². The highest BCUT2D eigenvalue weighted by atomic mass is 16.5. The van der Waals surface area contributed by atoms with Crippen molar-refractivity contribution in [1.29, 1.82) is 0 Å². The molecule has 1 aromatic carbocycles. The van der Waals surface area contributed by atoms with Gasteiger partial charge in [0.25, 0.3) is 5.91 Å². The highest BCUT2D eigenvalue weighted by Gasteiger charge is 2.34. The average Bonchev–Trinajstić information content (AvgIpc) is 3.36. The molecule has 0 spiro atoms. The van der Waals surface area contributed by atoms with E-state index in [2.05, 4.69) is 5.10 Å². The zero-order valence-electron chi connectivity index (χ0n) is 15.8. The van der Waals surface area contributed by atoms with Crippen LogP contribution in [0.1, 0.15) is 40.2 Å². The number of carbonyl (C=O) groups is 2. The van der Waals surface area contributed by atoms with E-state index in [0.29, 0.717) is 31.7 Å². The lowest BCUT2D eigenvalue weighted by Crippen LogP contribution is -2.42. The Morgan fingerprint density at radius 2 is 2.11 bits per heavy atom. The first kappa shape index (κ1) is 18.5. The molecule has 3 heterocycles. The standard InChI is InChI=1S/C20H23N3O5/c1-27-14-6-4-13(5-7-14)11-23-16-8-9-22(19(24)17-3-2-10-28-17)12-15(16)18(21-23)20(25)26/h4-7,17H,2-3,8-12H2,1H3,(H,25,26)/t17-/m1/s1. The van der Waals surface area contributed by atoms with Crippen LogP contribution in [0.2, 0.25) is 0 Å². The minimum absolute atomic E-state index is 0.0216. The lowest BCUT2D eigenvalue weighted by molar-refractivity contribution is -0.141. The van der Waals surface area contributed by atoms with Gasteiger partial charge in [-0.15, -0.1) is 0 Å². The number of ether oxygens (including phenoxy) is 2. The molecule has 0 unspecified atom stereocenters. The van der Waals surface area contributed by atoms with Gasteiger partial charge in [-0.3, -0.25) is 9.48 Å². The summed E-state index contributed by atoms with van der Waals surface area (Å²) in [6, 6.07) is 7.60. The Hall–Kier alpha value is -2.87. The maximum absolute atomic E-state index is 12.7. The van der Waals surface area contributed by atoms with Crippen LogP contribution in [0.15, 0.2) is 24.3 Å². The van der Waals surface area contributed by atoms with Gasteiger partial charge in [-0.2, -0.15) is 5.10 Å². The molecule has 28 heavy (non-hydrogen) atoms. The molecule has 148 valence electrons. The molecule has 2 aliphatic rings. The maximum atomic E-state index is 12.7. The van der Waals surface area contributed by atoms with Gasteiger partial charge < -0.3 is 19.5 Å². The van der Waals surface area contributed by atoms with Crippen LogP contribution >= 0.6 is 0 Å². The fourth-order valence-electron chi connectivity index (χ4n) is 3.86. The van der Waals surface area contributed by atoms with Crippen LogP contribution < -0.4 is 4.74 Å². The number of methoxy groups -OCH3 is 1. The van der Waals surface area contributed by atoms with Crippen LogP contribution in [0, 0.1) is 0 Å². The molecule has 1 fully saturated rings. The Kier molecular flexibility index (Phi) is 5.04. The predicted octanol–water partition coefficient (Wildman–Crippen LogP) is 1.70. The zero-order valence-corrected chi connectivity index (χ0v) is 15.8. The minimum atomic E-state index is -1.07. The van der Waals surface area contributed by atoms with Gasteiger partial charge >= 0.3 is 5.97 Å². The van der Waals surface area contributed by atoms with E-state index in [1.165, 1.54) is 0 Å². The highest BCUT2D eigenvalue weighted by Crippen LogP contribution is 2.26. The van der Waals surface area contributed by atoms with Gasteiger partial charge in [0.15, 0.2) is 5.69 Å². The van der Waals surface area contributed by atoms with Crippen LogP contribution in [0.25, 0.3) is 0 Å². The Labute approximate surface area is 162 Å². The molecular weight excluding hydrogens is 362 g/mol. The highest BCUT2D eigenvalue weighted by molar-refractivity contribution is 5.88. The smallest absolute Gasteiger partial charge is 0.356 e. The Morgan fingerprint density at radius 3 is 2.75 bits per heavy atom. The molecule has 1 atom stereocenters. The van der Waals surface area contributed by atoms with E-state index < -0.39 is 12.1 Å². The monoisotopic (exact) mass is 385 g/mol. The number of aromatic nitrogens is 2. The SMILES string of the molecule is COc1ccc(Cn2nc(C(=O)O)c3c2CCN(C(=O)[C@H]2CCCO2)C3)cc1. The molecular formula is C20H23N3O5. The van der Waals surface area contributed by atoms with Crippen molar-refractivity contribution in [2.45, 2.75) is 38.5 Å². The number of carbonyl (C=O) groups excluding carboxylic acids is 1.